The van der Waals surface area contributed by atoms with Gasteiger partial charge in [0.1, 0.15) is 18.5 Å². The normalized spacial score (nSPS) is 21.4. The van der Waals surface area contributed by atoms with Gasteiger partial charge in [-0.25, -0.2) is 8.78 Å². The maximum atomic E-state index is 13.5. The Hall–Kier alpha value is -1.28. The lowest BCUT2D eigenvalue weighted by molar-refractivity contribution is 0.0452. The summed E-state index contributed by atoms with van der Waals surface area (Å²) in [5, 5.41) is 19.6. The molecule has 1 aliphatic rings. The van der Waals surface area contributed by atoms with Crippen LogP contribution in [0.2, 0.25) is 0 Å². The van der Waals surface area contributed by atoms with E-state index in [9.17, 15) is 19.0 Å². The van der Waals surface area contributed by atoms with E-state index in [-0.39, 0.29) is 31.1 Å². The van der Waals surface area contributed by atoms with Crippen molar-refractivity contribution in [1.29, 1.82) is 0 Å². The zero-order valence-corrected chi connectivity index (χ0v) is 12.5. The second-order valence-corrected chi connectivity index (χ2v) is 5.48. The third-order valence-corrected chi connectivity index (χ3v) is 3.44. The first-order valence-corrected chi connectivity index (χ1v) is 7.20. The van der Waals surface area contributed by atoms with Crippen molar-refractivity contribution in [1.82, 2.24) is 4.90 Å². The molecule has 1 aromatic carbocycles. The molecular formula is C15H21F2NO4. The summed E-state index contributed by atoms with van der Waals surface area (Å²) in [4.78, 5) is 1.86. The summed E-state index contributed by atoms with van der Waals surface area (Å²) in [7, 11) is 0. The van der Waals surface area contributed by atoms with Crippen LogP contribution in [0.15, 0.2) is 12.1 Å². The quantitative estimate of drug-likeness (QED) is 0.837. The summed E-state index contributed by atoms with van der Waals surface area (Å²) >= 11 is 0. The van der Waals surface area contributed by atoms with Crippen LogP contribution < -0.4 is 4.74 Å². The molecule has 2 N–H and O–H groups in total. The average molecular weight is 317 g/mol. The van der Waals surface area contributed by atoms with Crippen molar-refractivity contribution in [3.8, 4) is 5.75 Å². The van der Waals surface area contributed by atoms with E-state index in [4.69, 9.17) is 9.47 Å². The van der Waals surface area contributed by atoms with E-state index in [2.05, 4.69) is 0 Å². The molecule has 1 aliphatic heterocycles. The lowest BCUT2D eigenvalue weighted by atomic mass is 10.2. The van der Waals surface area contributed by atoms with Gasteiger partial charge in [-0.05, 0) is 18.6 Å². The van der Waals surface area contributed by atoms with Crippen molar-refractivity contribution >= 4 is 0 Å². The number of hydrogen-bond donors (Lipinski definition) is 2. The predicted octanol–water partition coefficient (Wildman–Crippen LogP) is 0.706. The van der Waals surface area contributed by atoms with E-state index >= 15 is 0 Å². The Kier molecular flexibility index (Phi) is 6.07. The molecule has 124 valence electrons. The largest absolute Gasteiger partial charge is 0.488 e. The van der Waals surface area contributed by atoms with Crippen LogP contribution in [0.4, 0.5) is 8.78 Å². The molecule has 7 heteroatoms. The Morgan fingerprint density at radius 3 is 2.95 bits per heavy atom. The summed E-state index contributed by atoms with van der Waals surface area (Å²) < 4.78 is 37.1. The van der Waals surface area contributed by atoms with Gasteiger partial charge in [0.05, 0.1) is 19.3 Å². The molecule has 1 fully saturated rings. The first-order chi connectivity index (χ1) is 10.5. The fourth-order valence-electron chi connectivity index (χ4n) is 2.30. The molecule has 0 aromatic heterocycles. The molecule has 2 unspecified atom stereocenters. The van der Waals surface area contributed by atoms with Crippen LogP contribution in [0.1, 0.15) is 5.56 Å². The second kappa shape index (κ2) is 7.82. The summed E-state index contributed by atoms with van der Waals surface area (Å²) in [5.41, 5.74) is 0.277. The summed E-state index contributed by atoms with van der Waals surface area (Å²) in [6.45, 7) is 3.44. The summed E-state index contributed by atoms with van der Waals surface area (Å²) in [6.07, 6.45) is -1.44. The van der Waals surface area contributed by atoms with Crippen molar-refractivity contribution in [2.75, 3.05) is 39.5 Å². The van der Waals surface area contributed by atoms with Gasteiger partial charge < -0.3 is 19.7 Å². The van der Waals surface area contributed by atoms with Crippen LogP contribution in [0.3, 0.4) is 0 Å². The van der Waals surface area contributed by atoms with Gasteiger partial charge in [-0.15, -0.1) is 0 Å². The van der Waals surface area contributed by atoms with E-state index < -0.39 is 23.8 Å². The lowest BCUT2D eigenvalue weighted by Gasteiger charge is -2.24. The number of benzene rings is 1. The van der Waals surface area contributed by atoms with Gasteiger partial charge in [0.15, 0.2) is 11.6 Å². The van der Waals surface area contributed by atoms with Crippen LogP contribution in [0, 0.1) is 18.6 Å². The third kappa shape index (κ3) is 4.88. The number of aliphatic hydroxyl groups excluding tert-OH is 2. The monoisotopic (exact) mass is 317 g/mol. The fourth-order valence-corrected chi connectivity index (χ4v) is 2.30. The number of aryl methyl sites for hydroxylation is 1. The predicted molar refractivity (Wildman–Crippen MR) is 75.9 cm³/mol. The molecule has 1 aromatic rings. The average Bonchev–Trinajstić information content (AvgIpc) is 2.65. The van der Waals surface area contributed by atoms with Gasteiger partial charge in [-0.1, -0.05) is 0 Å². The van der Waals surface area contributed by atoms with Gasteiger partial charge in [-0.3, -0.25) is 4.90 Å². The topological polar surface area (TPSA) is 62.2 Å². The Labute approximate surface area is 128 Å². The van der Waals surface area contributed by atoms with Crippen molar-refractivity contribution in [3.05, 3.63) is 29.3 Å². The summed E-state index contributed by atoms with van der Waals surface area (Å²) in [6, 6.07) is 2.03. The van der Waals surface area contributed by atoms with Crippen LogP contribution in [-0.2, 0) is 4.74 Å². The minimum atomic E-state index is -0.852. The SMILES string of the molecule is Cc1cc(OCC(O)CN2CCOCC(O)C2)c(F)cc1F. The van der Waals surface area contributed by atoms with Crippen LogP contribution in [0.5, 0.6) is 5.75 Å². The van der Waals surface area contributed by atoms with Crippen molar-refractivity contribution < 1.29 is 28.5 Å². The number of ether oxygens (including phenoxy) is 2. The number of rotatable bonds is 5. The first kappa shape index (κ1) is 17.1. The first-order valence-electron chi connectivity index (χ1n) is 7.20. The molecule has 1 heterocycles. The van der Waals surface area contributed by atoms with Gasteiger partial charge in [0.25, 0.3) is 0 Å². The molecular weight excluding hydrogens is 296 g/mol. The van der Waals surface area contributed by atoms with Gasteiger partial charge in [0, 0.05) is 25.7 Å². The highest BCUT2D eigenvalue weighted by atomic mass is 19.1. The van der Waals surface area contributed by atoms with Gasteiger partial charge in [0.2, 0.25) is 0 Å². The second-order valence-electron chi connectivity index (χ2n) is 5.48. The Morgan fingerprint density at radius 2 is 2.18 bits per heavy atom. The van der Waals surface area contributed by atoms with Crippen molar-refractivity contribution in [2.45, 2.75) is 19.1 Å². The van der Waals surface area contributed by atoms with Crippen LogP contribution >= 0.6 is 0 Å². The van der Waals surface area contributed by atoms with Crippen LogP contribution in [-0.4, -0.2) is 66.8 Å². The highest BCUT2D eigenvalue weighted by Crippen LogP contribution is 2.21. The fraction of sp³-hybridized carbons (Fsp3) is 0.600. The lowest BCUT2D eigenvalue weighted by Crippen LogP contribution is -2.40. The van der Waals surface area contributed by atoms with E-state index in [1.165, 1.54) is 13.0 Å². The molecule has 0 spiro atoms. The number of halogens is 2. The zero-order valence-electron chi connectivity index (χ0n) is 12.5. The smallest absolute Gasteiger partial charge is 0.167 e. The Bertz CT molecular complexity index is 501. The molecule has 2 atom stereocenters. The molecule has 0 saturated carbocycles. The number of β-amino-alcohol motifs (C(OH)–C–C–N with tert-alkyl or cyclic N) is 2. The number of aliphatic hydroxyl groups is 2. The van der Waals surface area contributed by atoms with E-state index in [0.717, 1.165) is 6.07 Å². The number of hydrogen-bond acceptors (Lipinski definition) is 5. The molecule has 5 nitrogen and oxygen atoms in total. The maximum absolute atomic E-state index is 13.5. The zero-order chi connectivity index (χ0) is 16.1. The Morgan fingerprint density at radius 1 is 1.41 bits per heavy atom. The molecule has 0 aliphatic carbocycles. The van der Waals surface area contributed by atoms with E-state index in [0.29, 0.717) is 19.7 Å². The van der Waals surface area contributed by atoms with Crippen molar-refractivity contribution in [3.63, 3.8) is 0 Å². The highest BCUT2D eigenvalue weighted by molar-refractivity contribution is 5.30. The van der Waals surface area contributed by atoms with Crippen molar-refractivity contribution in [2.24, 2.45) is 0 Å². The summed E-state index contributed by atoms with van der Waals surface area (Å²) in [5.74, 6) is -1.52. The van der Waals surface area contributed by atoms with Gasteiger partial charge in [-0.2, -0.15) is 0 Å². The Balaban J connectivity index is 1.84. The minimum absolute atomic E-state index is 0.0859. The molecule has 0 bridgehead atoms. The van der Waals surface area contributed by atoms with Crippen LogP contribution in [0.25, 0.3) is 0 Å². The molecule has 2 rings (SSSR count). The van der Waals surface area contributed by atoms with Gasteiger partial charge >= 0.3 is 0 Å². The minimum Gasteiger partial charge on any atom is -0.488 e. The molecule has 1 saturated heterocycles. The molecule has 22 heavy (non-hydrogen) atoms. The molecule has 0 amide bonds. The van der Waals surface area contributed by atoms with E-state index in [1.54, 1.807) is 0 Å². The standard InChI is InChI=1S/C15H21F2NO4/c1-10-4-15(14(17)5-13(10)16)22-9-12(20)7-18-2-3-21-8-11(19)6-18/h4-5,11-12,19-20H,2-3,6-9H2,1H3. The maximum Gasteiger partial charge on any atom is 0.167 e. The molecule has 0 radical (unpaired) electrons. The third-order valence-electron chi connectivity index (χ3n) is 3.44. The highest BCUT2D eigenvalue weighted by Gasteiger charge is 2.19. The van der Waals surface area contributed by atoms with E-state index in [1.807, 2.05) is 4.90 Å². The number of nitrogens with zero attached hydrogens (tertiary/aromatic N) is 1.